The number of benzene rings is 1. The first-order chi connectivity index (χ1) is 11.9. The lowest BCUT2D eigenvalue weighted by molar-refractivity contribution is -0.130. The molecule has 25 heavy (non-hydrogen) atoms. The number of rotatable bonds is 5. The van der Waals surface area contributed by atoms with Crippen molar-refractivity contribution < 1.29 is 14.3 Å². The van der Waals surface area contributed by atoms with Gasteiger partial charge in [0.1, 0.15) is 5.82 Å². The largest absolute Gasteiger partial charge is 0.454 e. The van der Waals surface area contributed by atoms with Crippen molar-refractivity contribution >= 4 is 5.91 Å². The van der Waals surface area contributed by atoms with Crippen LogP contribution in [0.2, 0.25) is 0 Å². The highest BCUT2D eigenvalue weighted by atomic mass is 16.7. The van der Waals surface area contributed by atoms with Crippen molar-refractivity contribution in [2.24, 2.45) is 0 Å². The number of nitrogens with one attached hydrogen (secondary N) is 1. The Morgan fingerprint density at radius 1 is 1.28 bits per heavy atom. The van der Waals surface area contributed by atoms with Crippen LogP contribution in [-0.4, -0.2) is 34.6 Å². The summed E-state index contributed by atoms with van der Waals surface area (Å²) in [6.45, 7) is 4.23. The Hall–Kier alpha value is -2.83. The summed E-state index contributed by atoms with van der Waals surface area (Å²) in [4.78, 5) is 33.0. The topological polar surface area (TPSA) is 84.5 Å². The van der Waals surface area contributed by atoms with Gasteiger partial charge >= 0.3 is 0 Å². The van der Waals surface area contributed by atoms with Crippen LogP contribution in [-0.2, 0) is 17.8 Å². The lowest BCUT2D eigenvalue weighted by Gasteiger charge is -2.17. The van der Waals surface area contributed by atoms with E-state index in [4.69, 9.17) is 9.47 Å². The van der Waals surface area contributed by atoms with E-state index in [-0.39, 0.29) is 24.7 Å². The number of H-pyrrole nitrogens is 1. The van der Waals surface area contributed by atoms with E-state index in [1.165, 1.54) is 0 Å². The summed E-state index contributed by atoms with van der Waals surface area (Å²) in [6.07, 6.45) is 0.633. The molecule has 1 aromatic carbocycles. The molecule has 0 aliphatic carbocycles. The molecule has 1 aromatic heterocycles. The fourth-order valence-electron chi connectivity index (χ4n) is 2.87. The zero-order chi connectivity index (χ0) is 18.0. The van der Waals surface area contributed by atoms with Crippen molar-refractivity contribution in [2.75, 3.05) is 13.8 Å². The summed E-state index contributed by atoms with van der Waals surface area (Å²) in [5.41, 5.74) is 2.03. The quantitative estimate of drug-likeness (QED) is 0.893. The monoisotopic (exact) mass is 343 g/mol. The van der Waals surface area contributed by atoms with Crippen molar-refractivity contribution in [1.82, 2.24) is 14.9 Å². The number of aryl methyl sites for hydroxylation is 2. The van der Waals surface area contributed by atoms with Crippen LogP contribution in [0.25, 0.3) is 0 Å². The van der Waals surface area contributed by atoms with Crippen LogP contribution in [0.3, 0.4) is 0 Å². The Labute approximate surface area is 145 Å². The van der Waals surface area contributed by atoms with Gasteiger partial charge in [0.05, 0.1) is 0 Å². The normalized spacial score (nSPS) is 12.3. The molecule has 132 valence electrons. The average Bonchev–Trinajstić information content (AvgIpc) is 3.01. The first kappa shape index (κ1) is 17.0. The number of hydrogen-bond acceptors (Lipinski definition) is 5. The van der Waals surface area contributed by atoms with Crippen molar-refractivity contribution in [3.05, 3.63) is 51.2 Å². The van der Waals surface area contributed by atoms with Crippen LogP contribution in [0.4, 0.5) is 0 Å². The van der Waals surface area contributed by atoms with Gasteiger partial charge in [0, 0.05) is 31.3 Å². The van der Waals surface area contributed by atoms with Gasteiger partial charge in [0.2, 0.25) is 12.7 Å². The minimum atomic E-state index is -0.170. The van der Waals surface area contributed by atoms with E-state index in [1.807, 2.05) is 18.2 Å². The third kappa shape index (κ3) is 3.81. The van der Waals surface area contributed by atoms with Gasteiger partial charge in [-0.25, -0.2) is 4.98 Å². The van der Waals surface area contributed by atoms with E-state index in [2.05, 4.69) is 9.97 Å². The van der Waals surface area contributed by atoms with Crippen LogP contribution in [0.5, 0.6) is 11.5 Å². The van der Waals surface area contributed by atoms with Gasteiger partial charge in [-0.2, -0.15) is 0 Å². The number of hydrogen-bond donors (Lipinski definition) is 1. The van der Waals surface area contributed by atoms with Gasteiger partial charge in [0.25, 0.3) is 5.56 Å². The molecule has 1 amide bonds. The summed E-state index contributed by atoms with van der Waals surface area (Å²) in [6, 6.07) is 5.64. The zero-order valence-electron chi connectivity index (χ0n) is 14.6. The van der Waals surface area contributed by atoms with E-state index in [0.717, 1.165) is 11.3 Å². The zero-order valence-corrected chi connectivity index (χ0v) is 14.6. The molecule has 0 saturated heterocycles. The predicted molar refractivity (Wildman–Crippen MR) is 91.7 cm³/mol. The number of aromatic amines is 1. The molecular formula is C18H21N3O4. The van der Waals surface area contributed by atoms with Crippen molar-refractivity contribution in [3.63, 3.8) is 0 Å². The van der Waals surface area contributed by atoms with E-state index in [1.54, 1.807) is 25.8 Å². The Bertz CT molecular complexity index is 860. The minimum absolute atomic E-state index is 0.0305. The summed E-state index contributed by atoms with van der Waals surface area (Å²) in [5.74, 6) is 1.97. The van der Waals surface area contributed by atoms with Crippen molar-refractivity contribution in [2.45, 2.75) is 33.2 Å². The van der Waals surface area contributed by atoms with Crippen LogP contribution in [0.15, 0.2) is 23.0 Å². The van der Waals surface area contributed by atoms with Gasteiger partial charge < -0.3 is 19.4 Å². The fraction of sp³-hybridized carbons (Fsp3) is 0.389. The molecule has 0 atom stereocenters. The number of carbonyl (C=O) groups excluding carboxylic acids is 1. The molecule has 2 heterocycles. The highest BCUT2D eigenvalue weighted by molar-refractivity contribution is 5.76. The van der Waals surface area contributed by atoms with Gasteiger partial charge in [-0.05, 0) is 38.0 Å². The molecule has 7 heteroatoms. The summed E-state index contributed by atoms with van der Waals surface area (Å²) in [5, 5.41) is 0. The average molecular weight is 343 g/mol. The molecular weight excluding hydrogens is 322 g/mol. The number of ether oxygens (including phenoxy) is 2. The number of aromatic nitrogens is 2. The second-order valence-corrected chi connectivity index (χ2v) is 6.15. The first-order valence-electron chi connectivity index (χ1n) is 8.13. The first-order valence-corrected chi connectivity index (χ1v) is 8.13. The van der Waals surface area contributed by atoms with Gasteiger partial charge in [0.15, 0.2) is 11.5 Å². The maximum absolute atomic E-state index is 12.4. The lowest BCUT2D eigenvalue weighted by atomic mass is 10.1. The smallest absolute Gasteiger partial charge is 0.254 e. The molecule has 0 unspecified atom stereocenters. The second-order valence-electron chi connectivity index (χ2n) is 6.15. The Morgan fingerprint density at radius 2 is 2.04 bits per heavy atom. The fourth-order valence-corrected chi connectivity index (χ4v) is 2.87. The van der Waals surface area contributed by atoms with Gasteiger partial charge in [-0.1, -0.05) is 6.07 Å². The molecule has 7 nitrogen and oxygen atoms in total. The van der Waals surface area contributed by atoms with Crippen LogP contribution >= 0.6 is 0 Å². The number of fused-ring (bicyclic) bond motifs is 1. The predicted octanol–water partition coefficient (Wildman–Crippen LogP) is 1.71. The SMILES string of the molecule is Cc1nc(C)c(CCC(=O)N(C)Cc2ccc3c(c2)OCO3)c(=O)[nH]1. The molecule has 0 fully saturated rings. The molecule has 0 saturated carbocycles. The van der Waals surface area contributed by atoms with Crippen LogP contribution in [0.1, 0.15) is 29.1 Å². The summed E-state index contributed by atoms with van der Waals surface area (Å²) >= 11 is 0. The highest BCUT2D eigenvalue weighted by Gasteiger charge is 2.16. The Balaban J connectivity index is 1.61. The molecule has 2 aromatic rings. The van der Waals surface area contributed by atoms with Gasteiger partial charge in [-0.3, -0.25) is 9.59 Å². The Morgan fingerprint density at radius 3 is 2.80 bits per heavy atom. The van der Waals surface area contributed by atoms with Crippen LogP contribution in [0, 0.1) is 13.8 Å². The van der Waals surface area contributed by atoms with Gasteiger partial charge in [-0.15, -0.1) is 0 Å². The van der Waals surface area contributed by atoms with E-state index >= 15 is 0 Å². The van der Waals surface area contributed by atoms with Crippen molar-refractivity contribution in [3.8, 4) is 11.5 Å². The molecule has 0 bridgehead atoms. The summed E-state index contributed by atoms with van der Waals surface area (Å²) < 4.78 is 10.6. The molecule has 0 radical (unpaired) electrons. The molecule has 1 aliphatic heterocycles. The molecule has 1 aliphatic rings. The van der Waals surface area contributed by atoms with Crippen LogP contribution < -0.4 is 15.0 Å². The lowest BCUT2D eigenvalue weighted by Crippen LogP contribution is -2.27. The molecule has 0 spiro atoms. The second kappa shape index (κ2) is 6.96. The standard InChI is InChI=1S/C18H21N3O4/c1-11-14(18(23)20-12(2)19-11)5-7-17(22)21(3)9-13-4-6-15-16(8-13)25-10-24-15/h4,6,8H,5,7,9-10H2,1-3H3,(H,19,20,23). The number of carbonyl (C=O) groups is 1. The maximum Gasteiger partial charge on any atom is 0.254 e. The highest BCUT2D eigenvalue weighted by Crippen LogP contribution is 2.32. The minimum Gasteiger partial charge on any atom is -0.454 e. The third-order valence-corrected chi connectivity index (χ3v) is 4.21. The number of amides is 1. The van der Waals surface area contributed by atoms with Crippen molar-refractivity contribution in [1.29, 1.82) is 0 Å². The summed E-state index contributed by atoms with van der Waals surface area (Å²) in [7, 11) is 1.75. The third-order valence-electron chi connectivity index (χ3n) is 4.21. The number of nitrogens with zero attached hydrogens (tertiary/aromatic N) is 2. The molecule has 3 rings (SSSR count). The molecule has 1 N–H and O–H groups in total. The van der Waals surface area contributed by atoms with E-state index in [0.29, 0.717) is 35.8 Å². The maximum atomic E-state index is 12.4. The van der Waals surface area contributed by atoms with E-state index in [9.17, 15) is 9.59 Å². The Kier molecular flexibility index (Phi) is 4.74. The van der Waals surface area contributed by atoms with E-state index < -0.39 is 0 Å².